The minimum atomic E-state index is -3.30. The van der Waals surface area contributed by atoms with Crippen LogP contribution in [0.2, 0.25) is 0 Å². The second kappa shape index (κ2) is 10.2. The van der Waals surface area contributed by atoms with E-state index in [1.165, 1.54) is 0 Å². The molecule has 1 aliphatic heterocycles. The Morgan fingerprint density at radius 3 is 1.61 bits per heavy atom. The fraction of sp³-hybridized carbons (Fsp3) is 0.0588. The monoisotopic (exact) mass is 514 g/mol. The first-order chi connectivity index (χ1) is 18.7. The predicted molar refractivity (Wildman–Crippen MR) is 155 cm³/mol. The van der Waals surface area contributed by atoms with Crippen LogP contribution in [0.1, 0.15) is 22.3 Å². The molecule has 1 aliphatic rings. The molecule has 0 aromatic heterocycles. The number of ether oxygens (including phenoxy) is 2. The molecule has 0 spiro atoms. The Labute approximate surface area is 223 Å². The predicted octanol–water partition coefficient (Wildman–Crippen LogP) is 7.60. The molecule has 6 rings (SSSR count). The van der Waals surface area contributed by atoms with E-state index in [0.29, 0.717) is 17.3 Å². The molecular weight excluding hydrogens is 487 g/mol. The molecule has 0 amide bonds. The van der Waals surface area contributed by atoms with Gasteiger partial charge in [0.25, 0.3) is 0 Å². The highest BCUT2D eigenvalue weighted by atomic mass is 31.2. The van der Waals surface area contributed by atoms with Gasteiger partial charge in [0, 0.05) is 27.8 Å². The van der Waals surface area contributed by atoms with E-state index in [0.717, 1.165) is 32.9 Å². The second-order valence-electron chi connectivity index (χ2n) is 9.21. The van der Waals surface area contributed by atoms with Crippen molar-refractivity contribution in [1.29, 1.82) is 0 Å². The summed E-state index contributed by atoms with van der Waals surface area (Å²) in [6.07, 6.45) is 0. The Morgan fingerprint density at radius 2 is 1.13 bits per heavy atom. The molecule has 0 fully saturated rings. The second-order valence-corrected chi connectivity index (χ2v) is 12.1. The Bertz CT molecular complexity index is 1540. The zero-order chi connectivity index (χ0) is 26.0. The van der Waals surface area contributed by atoms with Gasteiger partial charge in [-0.3, -0.25) is 0 Å². The zero-order valence-electron chi connectivity index (χ0n) is 21.0. The van der Waals surface area contributed by atoms with Crippen LogP contribution in [0.4, 0.5) is 0 Å². The van der Waals surface area contributed by atoms with Crippen LogP contribution in [0.3, 0.4) is 0 Å². The van der Waals surface area contributed by atoms with Gasteiger partial charge < -0.3 is 14.0 Å². The van der Waals surface area contributed by atoms with Crippen molar-refractivity contribution < 1.29 is 14.0 Å². The third-order valence-electron chi connectivity index (χ3n) is 7.00. The van der Waals surface area contributed by atoms with Gasteiger partial charge in [-0.2, -0.15) is 0 Å². The van der Waals surface area contributed by atoms with Crippen LogP contribution in [0.15, 0.2) is 145 Å². The van der Waals surface area contributed by atoms with Crippen molar-refractivity contribution in [3.63, 3.8) is 0 Å². The topological polar surface area (TPSA) is 35.5 Å². The van der Waals surface area contributed by atoms with Crippen LogP contribution in [-0.2, 0) is 4.57 Å². The maximum Gasteiger partial charge on any atom is 0.157 e. The lowest BCUT2D eigenvalue weighted by Crippen LogP contribution is -2.22. The average Bonchev–Trinajstić information content (AvgIpc) is 3.37. The molecule has 4 heteroatoms. The molecule has 186 valence electrons. The van der Waals surface area contributed by atoms with E-state index in [2.05, 4.69) is 24.3 Å². The Morgan fingerprint density at radius 1 is 0.658 bits per heavy atom. The first-order valence-electron chi connectivity index (χ1n) is 12.6. The standard InChI is InChI=1S/C34H27O3P/c1-36-27-22-23-30-31(24-27)37-33(32(25-14-6-2-7-15-25)26-16-8-3-9-17-26)34(30)38(35,28-18-10-4-11-19-28)29-20-12-5-13-21-29/h2-24,34H,1H3. The van der Waals surface area contributed by atoms with Crippen molar-refractivity contribution in [3.8, 4) is 11.5 Å². The van der Waals surface area contributed by atoms with E-state index >= 15 is 4.57 Å². The smallest absolute Gasteiger partial charge is 0.157 e. The summed E-state index contributed by atoms with van der Waals surface area (Å²) in [5.41, 5.74) is 3.31. The molecule has 1 heterocycles. The van der Waals surface area contributed by atoms with E-state index < -0.39 is 12.8 Å². The maximum absolute atomic E-state index is 15.8. The van der Waals surface area contributed by atoms with Gasteiger partial charge in [-0.25, -0.2) is 0 Å². The summed E-state index contributed by atoms with van der Waals surface area (Å²) in [6.45, 7) is 0. The third kappa shape index (κ3) is 4.16. The molecule has 0 radical (unpaired) electrons. The number of rotatable bonds is 6. The lowest BCUT2D eigenvalue weighted by atomic mass is 9.95. The average molecular weight is 515 g/mol. The molecule has 5 aromatic carbocycles. The van der Waals surface area contributed by atoms with Gasteiger partial charge in [0.05, 0.1) is 7.11 Å². The summed E-state index contributed by atoms with van der Waals surface area (Å²) in [6, 6.07) is 45.8. The first-order valence-corrected chi connectivity index (χ1v) is 14.4. The van der Waals surface area contributed by atoms with Gasteiger partial charge in [0.15, 0.2) is 7.14 Å². The molecule has 0 saturated heterocycles. The highest BCUT2D eigenvalue weighted by Crippen LogP contribution is 2.66. The number of benzene rings is 5. The zero-order valence-corrected chi connectivity index (χ0v) is 21.9. The van der Waals surface area contributed by atoms with Gasteiger partial charge >= 0.3 is 0 Å². The van der Waals surface area contributed by atoms with Crippen LogP contribution in [0, 0.1) is 0 Å². The molecule has 0 bridgehead atoms. The van der Waals surface area contributed by atoms with Crippen LogP contribution in [0.25, 0.3) is 5.57 Å². The quantitative estimate of drug-likeness (QED) is 0.219. The number of allylic oxidation sites excluding steroid dienone is 1. The minimum absolute atomic E-state index is 0.524. The van der Waals surface area contributed by atoms with Crippen LogP contribution >= 0.6 is 7.14 Å². The van der Waals surface area contributed by atoms with Crippen molar-refractivity contribution in [1.82, 2.24) is 0 Å². The maximum atomic E-state index is 15.8. The van der Waals surface area contributed by atoms with Gasteiger partial charge in [-0.05, 0) is 17.2 Å². The highest BCUT2D eigenvalue weighted by Gasteiger charge is 2.47. The van der Waals surface area contributed by atoms with Crippen LogP contribution in [-0.4, -0.2) is 7.11 Å². The van der Waals surface area contributed by atoms with Crippen molar-refractivity contribution in [2.75, 3.05) is 7.11 Å². The Kier molecular flexibility index (Phi) is 6.45. The molecule has 1 unspecified atom stereocenters. The number of hydrogen-bond acceptors (Lipinski definition) is 3. The summed E-state index contributed by atoms with van der Waals surface area (Å²) >= 11 is 0. The highest BCUT2D eigenvalue weighted by molar-refractivity contribution is 7.79. The molecule has 0 saturated carbocycles. The van der Waals surface area contributed by atoms with Gasteiger partial charge in [-0.1, -0.05) is 127 Å². The summed E-state index contributed by atoms with van der Waals surface area (Å²) in [7, 11) is -1.66. The van der Waals surface area contributed by atoms with E-state index in [9.17, 15) is 0 Å². The molecule has 0 aliphatic carbocycles. The minimum Gasteiger partial charge on any atom is -0.497 e. The SMILES string of the molecule is COc1ccc2c(c1)OC(=C(c1ccccc1)c1ccccc1)C2P(=O)(c1ccccc1)c1ccccc1. The lowest BCUT2D eigenvalue weighted by Gasteiger charge is -2.27. The van der Waals surface area contributed by atoms with Gasteiger partial charge in [0.2, 0.25) is 0 Å². The summed E-state index contributed by atoms with van der Waals surface area (Å²) < 4.78 is 28.0. The largest absolute Gasteiger partial charge is 0.497 e. The van der Waals surface area contributed by atoms with E-state index in [-0.39, 0.29) is 0 Å². The van der Waals surface area contributed by atoms with E-state index in [1.807, 2.05) is 115 Å². The number of fused-ring (bicyclic) bond motifs is 1. The van der Waals surface area contributed by atoms with E-state index in [1.54, 1.807) is 7.11 Å². The van der Waals surface area contributed by atoms with Gasteiger partial charge in [-0.15, -0.1) is 0 Å². The first kappa shape index (κ1) is 24.0. The fourth-order valence-corrected chi connectivity index (χ4v) is 8.47. The summed E-state index contributed by atoms with van der Waals surface area (Å²) in [4.78, 5) is 0. The molecule has 0 N–H and O–H groups in total. The number of hydrogen-bond donors (Lipinski definition) is 0. The third-order valence-corrected chi connectivity index (χ3v) is 10.4. The van der Waals surface area contributed by atoms with Crippen LogP contribution < -0.4 is 20.1 Å². The Hall–Kier alpha value is -4.33. The normalized spacial score (nSPS) is 14.4. The Balaban J connectivity index is 1.72. The van der Waals surface area contributed by atoms with Gasteiger partial charge in [0.1, 0.15) is 22.9 Å². The van der Waals surface area contributed by atoms with Crippen molar-refractivity contribution in [3.05, 3.63) is 162 Å². The van der Waals surface area contributed by atoms with Crippen molar-refractivity contribution in [2.45, 2.75) is 5.66 Å². The van der Waals surface area contributed by atoms with E-state index in [4.69, 9.17) is 9.47 Å². The van der Waals surface area contributed by atoms with Crippen molar-refractivity contribution in [2.24, 2.45) is 0 Å². The van der Waals surface area contributed by atoms with Crippen LogP contribution in [0.5, 0.6) is 11.5 Å². The molecule has 38 heavy (non-hydrogen) atoms. The fourth-order valence-electron chi connectivity index (χ4n) is 5.23. The molecule has 5 aromatic rings. The lowest BCUT2D eigenvalue weighted by molar-refractivity contribution is 0.406. The summed E-state index contributed by atoms with van der Waals surface area (Å²) in [5.74, 6) is 2.04. The molecule has 3 nitrogen and oxygen atoms in total. The summed E-state index contributed by atoms with van der Waals surface area (Å²) in [5, 5.41) is 1.59. The molecule has 1 atom stereocenters. The van der Waals surface area contributed by atoms with Crippen molar-refractivity contribution >= 4 is 23.3 Å². The molecular formula is C34H27O3P. The number of methoxy groups -OCH3 is 1.